The van der Waals surface area contributed by atoms with Gasteiger partial charge in [0.15, 0.2) is 0 Å². The number of fused-ring (bicyclic) bond motifs is 4. The zero-order valence-electron chi connectivity index (χ0n) is 59.1. The number of aryl methyl sites for hydroxylation is 8. The van der Waals surface area contributed by atoms with Crippen LogP contribution in [0.3, 0.4) is 0 Å². The zero-order valence-corrected chi connectivity index (χ0v) is 62.4. The van der Waals surface area contributed by atoms with Crippen molar-refractivity contribution in [1.29, 1.82) is 0 Å². The van der Waals surface area contributed by atoms with Gasteiger partial charge in [-0.05, 0) is 194 Å². The van der Waals surface area contributed by atoms with Crippen molar-refractivity contribution in [2.45, 2.75) is 164 Å². The van der Waals surface area contributed by atoms with Crippen molar-refractivity contribution < 1.29 is 86.4 Å². The molecule has 14 rings (SSSR count). The molecule has 4 aliphatic heterocycles. The third-order valence-corrected chi connectivity index (χ3v) is 29.5. The summed E-state index contributed by atoms with van der Waals surface area (Å²) in [7, 11) is -18.7. The highest BCUT2D eigenvalue weighted by atomic mass is 32.2. The first-order valence-electron chi connectivity index (χ1n) is 33.9. The lowest BCUT2D eigenvalue weighted by atomic mass is 9.85. The van der Waals surface area contributed by atoms with Gasteiger partial charge >= 0.3 is 35.5 Å². The lowest BCUT2D eigenvalue weighted by molar-refractivity contribution is -0.263. The fourth-order valence-electron chi connectivity index (χ4n) is 16.5. The number of sulfone groups is 4. The number of halogens is 12. The topological polar surface area (TPSA) is 137 Å². The van der Waals surface area contributed by atoms with Gasteiger partial charge in [0, 0.05) is 66.8 Å². The fraction of sp³-hybridized carbons (Fsp3) is 0.268. The van der Waals surface area contributed by atoms with Gasteiger partial charge in [0.05, 0.1) is 39.2 Å². The second-order valence-corrected chi connectivity index (χ2v) is 35.2. The van der Waals surface area contributed by atoms with E-state index in [0.29, 0.717) is 44.5 Å². The van der Waals surface area contributed by atoms with Gasteiger partial charge < -0.3 is 0 Å². The number of alkyl halides is 12. The molecule has 8 nitrogen and oxygen atoms in total. The molecule has 6 aliphatic rings. The minimum Gasteiger partial charge on any atom is -0.219 e. The minimum absolute atomic E-state index is 0.397. The molecule has 0 unspecified atom stereocenters. The Labute approximate surface area is 607 Å². The van der Waals surface area contributed by atoms with E-state index in [9.17, 15) is 33.7 Å². The standard InChI is InChI=1S/2C41H34F6O4S2/c2*1-7-29-35(27-17-15-25(19-31(27)52(29,48)49)33-21(3)11-9-12-22(33)4)37-38(40(44,45)41(46,47)39(37,42)43)36-28-18-16-26(34-23(5)13-10-14-24(34)6)20-32(28)53(50,51)30(36)8-2/h2*9-20H,7-8H2,1-6H3. The van der Waals surface area contributed by atoms with Crippen molar-refractivity contribution in [3.05, 3.63) is 254 Å². The number of hydrogen-bond donors (Lipinski definition) is 0. The Kier molecular flexibility index (Phi) is 17.7. The summed E-state index contributed by atoms with van der Waals surface area (Å²) in [5.41, 5.74) is -2.78. The van der Waals surface area contributed by atoms with Crippen molar-refractivity contribution in [3.63, 3.8) is 0 Å². The molecule has 24 heteroatoms. The monoisotopic (exact) mass is 1540 g/mol. The maximum atomic E-state index is 16.4. The maximum Gasteiger partial charge on any atom is 0.380 e. The molecule has 0 N–H and O–H groups in total. The summed E-state index contributed by atoms with van der Waals surface area (Å²) in [4.78, 5) is -4.93. The van der Waals surface area contributed by atoms with Gasteiger partial charge in [0.1, 0.15) is 0 Å². The number of benzene rings is 8. The summed E-state index contributed by atoms with van der Waals surface area (Å²) in [5.74, 6) is -34.6. The van der Waals surface area contributed by atoms with Crippen molar-refractivity contribution in [1.82, 2.24) is 0 Å². The van der Waals surface area contributed by atoms with Crippen LogP contribution in [0.15, 0.2) is 207 Å². The lowest BCUT2D eigenvalue weighted by Crippen LogP contribution is -2.49. The minimum atomic E-state index is -6.06. The molecule has 0 saturated carbocycles. The molecule has 0 amide bonds. The summed E-state index contributed by atoms with van der Waals surface area (Å²) in [5, 5.41) is 0. The third kappa shape index (κ3) is 10.2. The SMILES string of the molecule is CCC1=C(C2=C(C3=C(CC)S(=O)(=O)c4cc(-c5c(C)cccc5C)ccc43)C(F)(F)C(F)(F)C2(F)F)c2ccc(-c3c(C)cccc3C)cc2S1(=O)=O.CCC1=C(C2=C(C3=C(CC)S(=O)(=O)c4cc(-c5c(C)cccc5C)ccc43)C(F)(F)C(F)(F)C2(F)F)c2ccc(-c3c(C)cccc3C)cc2S1(=O)=O. The third-order valence-electron chi connectivity index (χ3n) is 21.3. The van der Waals surface area contributed by atoms with E-state index < -0.39 is 207 Å². The first-order chi connectivity index (χ1) is 49.3. The first-order valence-corrected chi connectivity index (χ1v) is 39.8. The summed E-state index contributed by atoms with van der Waals surface area (Å²) in [6.45, 7) is 19.6. The van der Waals surface area contributed by atoms with Crippen LogP contribution in [0.5, 0.6) is 0 Å². The molecule has 0 radical (unpaired) electrons. The predicted molar refractivity (Wildman–Crippen MR) is 387 cm³/mol. The van der Waals surface area contributed by atoms with Crippen LogP contribution in [0.4, 0.5) is 52.7 Å². The Morgan fingerprint density at radius 2 is 0.415 bits per heavy atom. The molecule has 0 aromatic heterocycles. The molecule has 552 valence electrons. The van der Waals surface area contributed by atoms with E-state index in [1.807, 2.05) is 0 Å². The summed E-state index contributed by atoms with van der Waals surface area (Å²) in [6, 6.07) is 37.0. The van der Waals surface area contributed by atoms with Gasteiger partial charge in [-0.15, -0.1) is 0 Å². The van der Waals surface area contributed by atoms with Crippen LogP contribution in [0.2, 0.25) is 0 Å². The second-order valence-electron chi connectivity index (χ2n) is 27.5. The van der Waals surface area contributed by atoms with Crippen molar-refractivity contribution in [3.8, 4) is 44.5 Å². The first kappa shape index (κ1) is 75.4. The quantitative estimate of drug-likeness (QED) is 0.110. The van der Waals surface area contributed by atoms with Gasteiger partial charge in [0.2, 0.25) is 39.3 Å². The molecule has 4 heterocycles. The lowest BCUT2D eigenvalue weighted by Gasteiger charge is -2.26. The van der Waals surface area contributed by atoms with E-state index in [4.69, 9.17) is 0 Å². The highest BCUT2D eigenvalue weighted by Gasteiger charge is 2.83. The number of rotatable bonds is 12. The Morgan fingerprint density at radius 3 is 0.566 bits per heavy atom. The van der Waals surface area contributed by atoms with E-state index in [2.05, 4.69) is 0 Å². The van der Waals surface area contributed by atoms with Crippen LogP contribution >= 0.6 is 0 Å². The Hall–Kier alpha value is -8.84. The highest BCUT2D eigenvalue weighted by molar-refractivity contribution is 7.97. The molecule has 2 aliphatic carbocycles. The molecular weight excluding hydrogens is 1470 g/mol. The Bertz CT molecular complexity index is 5190. The van der Waals surface area contributed by atoms with Crippen LogP contribution in [0.1, 0.15) is 120 Å². The van der Waals surface area contributed by atoms with Crippen molar-refractivity contribution in [2.75, 3.05) is 0 Å². The molecule has 8 aromatic rings. The van der Waals surface area contributed by atoms with Crippen LogP contribution < -0.4 is 0 Å². The molecule has 0 fully saturated rings. The van der Waals surface area contributed by atoms with E-state index in [-0.39, 0.29) is 0 Å². The summed E-state index contributed by atoms with van der Waals surface area (Å²) in [6.07, 6.45) is -1.99. The number of allylic oxidation sites excluding steroid dienone is 12. The average molecular weight is 1540 g/mol. The van der Waals surface area contributed by atoms with E-state index in [1.165, 1.54) is 100 Å². The number of hydrogen-bond acceptors (Lipinski definition) is 8. The highest BCUT2D eigenvalue weighted by Crippen LogP contribution is 2.70. The van der Waals surface area contributed by atoms with E-state index >= 15 is 52.7 Å². The average Bonchev–Trinajstić information content (AvgIpc) is 1.51. The fourth-order valence-corrected chi connectivity index (χ4v) is 24.0. The van der Waals surface area contributed by atoms with Gasteiger partial charge in [-0.25, -0.2) is 33.7 Å². The molecule has 8 aromatic carbocycles. The normalized spacial score (nSPS) is 20.3. The van der Waals surface area contributed by atoms with Gasteiger partial charge in [-0.3, -0.25) is 0 Å². The molecule has 0 saturated heterocycles. The Balaban J connectivity index is 0.000000188. The van der Waals surface area contributed by atoms with Crippen LogP contribution in [-0.4, -0.2) is 69.2 Å². The van der Waals surface area contributed by atoms with Gasteiger partial charge in [-0.1, -0.05) is 149 Å². The summed E-state index contributed by atoms with van der Waals surface area (Å²) >= 11 is 0. The van der Waals surface area contributed by atoms with Crippen LogP contribution in [0, 0.1) is 55.4 Å². The molecule has 0 bridgehead atoms. The molecular formula is C82H68F12O8S4. The predicted octanol–water partition coefficient (Wildman–Crippen LogP) is 22.0. The van der Waals surface area contributed by atoms with Crippen molar-refractivity contribution >= 4 is 61.6 Å². The van der Waals surface area contributed by atoms with Crippen LogP contribution in [-0.2, 0) is 39.3 Å². The maximum absolute atomic E-state index is 16.4. The largest absolute Gasteiger partial charge is 0.380 e. The smallest absolute Gasteiger partial charge is 0.219 e. The Morgan fingerprint density at radius 1 is 0.255 bits per heavy atom. The van der Waals surface area contributed by atoms with Gasteiger partial charge in [0.25, 0.3) is 0 Å². The van der Waals surface area contributed by atoms with Crippen LogP contribution in [0.25, 0.3) is 66.8 Å². The summed E-state index contributed by atoms with van der Waals surface area (Å²) < 4.78 is 308. The second kappa shape index (κ2) is 24.9. The van der Waals surface area contributed by atoms with Crippen molar-refractivity contribution in [2.24, 2.45) is 0 Å². The molecule has 0 atom stereocenters. The molecule has 0 spiro atoms. The molecule has 106 heavy (non-hydrogen) atoms. The zero-order chi connectivity index (χ0) is 77.6. The van der Waals surface area contributed by atoms with Gasteiger partial charge in [-0.2, -0.15) is 52.7 Å². The van der Waals surface area contributed by atoms with E-state index in [0.717, 1.165) is 44.5 Å². The van der Waals surface area contributed by atoms with E-state index in [1.54, 1.807) is 128 Å².